The predicted octanol–water partition coefficient (Wildman–Crippen LogP) is 2.63. The summed E-state index contributed by atoms with van der Waals surface area (Å²) in [5, 5.41) is 18.2. The van der Waals surface area contributed by atoms with Crippen LogP contribution in [-0.2, 0) is 6.61 Å². The molecule has 2 bridgehead atoms. The summed E-state index contributed by atoms with van der Waals surface area (Å²) < 4.78 is 0. The Balaban J connectivity index is 1.47. The molecule has 5 heterocycles. The fourth-order valence-electron chi connectivity index (χ4n) is 5.37. The molecule has 10 nitrogen and oxygen atoms in total. The van der Waals surface area contributed by atoms with Gasteiger partial charge in [0.15, 0.2) is 5.82 Å². The number of halogens is 1. The molecule has 2 aliphatic rings. The van der Waals surface area contributed by atoms with Crippen molar-refractivity contribution in [2.24, 2.45) is 5.73 Å². The lowest BCUT2D eigenvalue weighted by molar-refractivity contribution is 0.276. The van der Waals surface area contributed by atoms with Gasteiger partial charge < -0.3 is 20.6 Å². The molecular formula is C23H26ClN9O. The van der Waals surface area contributed by atoms with Crippen molar-refractivity contribution < 1.29 is 5.11 Å². The fourth-order valence-corrected chi connectivity index (χ4v) is 5.67. The van der Waals surface area contributed by atoms with Crippen molar-refractivity contribution in [2.45, 2.75) is 50.4 Å². The van der Waals surface area contributed by atoms with Gasteiger partial charge in [-0.1, -0.05) is 11.6 Å². The number of aromatic nitrogens is 6. The molecule has 3 aromatic heterocycles. The van der Waals surface area contributed by atoms with E-state index in [4.69, 9.17) is 27.3 Å². The van der Waals surface area contributed by atoms with Gasteiger partial charge in [-0.05, 0) is 37.8 Å². The number of aromatic amines is 1. The third-order valence-corrected chi connectivity index (χ3v) is 7.35. The molecule has 11 heteroatoms. The van der Waals surface area contributed by atoms with Crippen LogP contribution in [-0.4, -0.2) is 67.5 Å². The number of hydrogen-bond donors (Lipinski definition) is 3. The first kappa shape index (κ1) is 21.5. The van der Waals surface area contributed by atoms with Crippen LogP contribution >= 0.6 is 11.6 Å². The first-order valence-corrected chi connectivity index (χ1v) is 11.8. The number of hydrogen-bond acceptors (Lipinski definition) is 9. The Bertz CT molecular complexity index is 1390. The van der Waals surface area contributed by atoms with Gasteiger partial charge >= 0.3 is 0 Å². The molecule has 0 amide bonds. The number of H-pyrrole nitrogens is 1. The third-order valence-electron chi connectivity index (χ3n) is 6.97. The SMILES string of the molecule is CN(C)c1cnc2ccc(-c3[nH]nc4nc(N5C6CCC5CC(N)C6)c(CO)nc34)c(Cl)c2n1. The maximum atomic E-state index is 10.2. The van der Waals surface area contributed by atoms with Gasteiger partial charge in [-0.2, -0.15) is 5.10 Å². The zero-order valence-electron chi connectivity index (χ0n) is 19.0. The number of piperidine rings is 1. The smallest absolute Gasteiger partial charge is 0.202 e. The summed E-state index contributed by atoms with van der Waals surface area (Å²) >= 11 is 6.81. The van der Waals surface area contributed by atoms with Gasteiger partial charge in [0.2, 0.25) is 5.65 Å². The van der Waals surface area contributed by atoms with Crippen LogP contribution in [0.4, 0.5) is 11.6 Å². The summed E-state index contributed by atoms with van der Waals surface area (Å²) in [4.78, 5) is 23.0. The molecule has 6 rings (SSSR count). The maximum Gasteiger partial charge on any atom is 0.202 e. The first-order valence-electron chi connectivity index (χ1n) is 11.5. The van der Waals surface area contributed by atoms with E-state index in [1.807, 2.05) is 31.1 Å². The number of aliphatic hydroxyl groups excluding tert-OH is 1. The number of fused-ring (bicyclic) bond motifs is 4. The highest BCUT2D eigenvalue weighted by Crippen LogP contribution is 2.41. The van der Waals surface area contributed by atoms with Crippen LogP contribution < -0.4 is 15.5 Å². The molecule has 2 aliphatic heterocycles. The molecule has 0 saturated carbocycles. The van der Waals surface area contributed by atoms with Gasteiger partial charge in [-0.25, -0.2) is 15.0 Å². The molecule has 2 unspecified atom stereocenters. The van der Waals surface area contributed by atoms with Gasteiger partial charge in [0.25, 0.3) is 0 Å². The normalized spacial score (nSPS) is 22.1. The molecule has 4 aromatic rings. The minimum atomic E-state index is -0.214. The topological polar surface area (TPSA) is 133 Å². The molecule has 4 N–H and O–H groups in total. The third kappa shape index (κ3) is 3.28. The lowest BCUT2D eigenvalue weighted by atomic mass is 9.98. The number of rotatable bonds is 4. The van der Waals surface area contributed by atoms with Crippen molar-refractivity contribution in [3.63, 3.8) is 0 Å². The number of nitrogens with zero attached hydrogens (tertiary/aromatic N) is 7. The molecule has 34 heavy (non-hydrogen) atoms. The van der Waals surface area contributed by atoms with Crippen LogP contribution in [0.5, 0.6) is 0 Å². The van der Waals surface area contributed by atoms with E-state index in [1.165, 1.54) is 0 Å². The molecule has 1 aromatic carbocycles. The van der Waals surface area contributed by atoms with Crippen molar-refractivity contribution in [3.8, 4) is 11.3 Å². The van der Waals surface area contributed by atoms with E-state index in [1.54, 1.807) is 6.20 Å². The summed E-state index contributed by atoms with van der Waals surface area (Å²) in [5.74, 6) is 1.42. The van der Waals surface area contributed by atoms with E-state index in [-0.39, 0.29) is 12.6 Å². The second-order valence-corrected chi connectivity index (χ2v) is 9.74. The summed E-state index contributed by atoms with van der Waals surface area (Å²) in [6, 6.07) is 4.61. The maximum absolute atomic E-state index is 10.2. The molecule has 2 atom stereocenters. The number of nitrogens with two attached hydrogens (primary N) is 1. The van der Waals surface area contributed by atoms with E-state index in [2.05, 4.69) is 25.1 Å². The molecule has 0 aliphatic carbocycles. The zero-order chi connectivity index (χ0) is 23.6. The zero-order valence-corrected chi connectivity index (χ0v) is 19.8. The monoisotopic (exact) mass is 479 g/mol. The average Bonchev–Trinajstić information content (AvgIpc) is 3.35. The number of aliphatic hydroxyl groups is 1. The van der Waals surface area contributed by atoms with Crippen LogP contribution in [0.1, 0.15) is 31.4 Å². The van der Waals surface area contributed by atoms with Crippen LogP contribution in [0.3, 0.4) is 0 Å². The number of nitrogens with one attached hydrogen (secondary N) is 1. The summed E-state index contributed by atoms with van der Waals surface area (Å²) in [5.41, 5.74) is 10.5. The molecule has 0 spiro atoms. The van der Waals surface area contributed by atoms with E-state index < -0.39 is 0 Å². The van der Waals surface area contributed by atoms with E-state index >= 15 is 0 Å². The summed E-state index contributed by atoms with van der Waals surface area (Å²) in [7, 11) is 3.81. The standard InChI is InChI=1S/C23H26ClN9O/c1-32(2)17-9-26-15-6-5-14(18(24)20(15)28-17)19-21-22(31-30-19)29-23(16(10-34)27-21)33-12-3-4-13(33)8-11(25)7-12/h5-6,9,11-13,34H,3-4,7-8,10,25H2,1-2H3,(H,29,30,31). The highest BCUT2D eigenvalue weighted by Gasteiger charge is 2.41. The van der Waals surface area contributed by atoms with Crippen LogP contribution in [0.2, 0.25) is 5.02 Å². The predicted molar refractivity (Wildman–Crippen MR) is 132 cm³/mol. The second-order valence-electron chi connectivity index (χ2n) is 9.36. The van der Waals surface area contributed by atoms with Crippen molar-refractivity contribution >= 4 is 45.4 Å². The highest BCUT2D eigenvalue weighted by molar-refractivity contribution is 6.38. The Hall–Kier alpha value is -3.08. The lowest BCUT2D eigenvalue weighted by Crippen LogP contribution is -2.48. The molecule has 2 saturated heterocycles. The highest BCUT2D eigenvalue weighted by atomic mass is 35.5. The lowest BCUT2D eigenvalue weighted by Gasteiger charge is -2.39. The average molecular weight is 480 g/mol. The van der Waals surface area contributed by atoms with E-state index in [9.17, 15) is 5.11 Å². The fraction of sp³-hybridized carbons (Fsp3) is 0.435. The van der Waals surface area contributed by atoms with Crippen LogP contribution in [0.25, 0.3) is 33.5 Å². The van der Waals surface area contributed by atoms with Crippen LogP contribution in [0.15, 0.2) is 18.3 Å². The number of anilines is 2. The van der Waals surface area contributed by atoms with Gasteiger partial charge in [-0.15, -0.1) is 0 Å². The van der Waals surface area contributed by atoms with E-state index in [0.29, 0.717) is 67.9 Å². The second kappa shape index (κ2) is 8.00. The Morgan fingerprint density at radius 2 is 1.91 bits per heavy atom. The van der Waals surface area contributed by atoms with Crippen molar-refractivity contribution in [3.05, 3.63) is 29.0 Å². The largest absolute Gasteiger partial charge is 0.390 e. The summed E-state index contributed by atoms with van der Waals surface area (Å²) in [6.07, 6.45) is 5.73. The first-order chi connectivity index (χ1) is 16.4. The van der Waals surface area contributed by atoms with Crippen LogP contribution in [0, 0.1) is 0 Å². The Labute approximate surface area is 201 Å². The Kier molecular flexibility index (Phi) is 5.05. The number of benzene rings is 1. The van der Waals surface area contributed by atoms with Gasteiger partial charge in [-0.3, -0.25) is 10.1 Å². The molecular weight excluding hydrogens is 454 g/mol. The minimum absolute atomic E-state index is 0.214. The molecule has 0 radical (unpaired) electrons. The minimum Gasteiger partial charge on any atom is -0.390 e. The molecule has 2 fully saturated rings. The van der Waals surface area contributed by atoms with Gasteiger partial charge in [0.05, 0.1) is 29.0 Å². The quantitative estimate of drug-likeness (QED) is 0.403. The Morgan fingerprint density at radius 1 is 1.15 bits per heavy atom. The summed E-state index contributed by atoms with van der Waals surface area (Å²) in [6.45, 7) is -0.214. The van der Waals surface area contributed by atoms with E-state index in [0.717, 1.165) is 25.7 Å². The van der Waals surface area contributed by atoms with Gasteiger partial charge in [0, 0.05) is 37.8 Å². The van der Waals surface area contributed by atoms with Crippen molar-refractivity contribution in [2.75, 3.05) is 23.9 Å². The van der Waals surface area contributed by atoms with Crippen molar-refractivity contribution in [1.82, 2.24) is 30.1 Å². The van der Waals surface area contributed by atoms with Gasteiger partial charge in [0.1, 0.15) is 22.5 Å². The molecule has 176 valence electrons. The Morgan fingerprint density at radius 3 is 2.62 bits per heavy atom. The van der Waals surface area contributed by atoms with Crippen molar-refractivity contribution in [1.29, 1.82) is 0 Å².